The van der Waals surface area contributed by atoms with E-state index < -0.39 is 0 Å². The summed E-state index contributed by atoms with van der Waals surface area (Å²) >= 11 is 0. The van der Waals surface area contributed by atoms with Crippen molar-refractivity contribution in [1.82, 2.24) is 24.1 Å². The lowest BCUT2D eigenvalue weighted by Crippen LogP contribution is -2.00. The molecule has 0 aliphatic rings. The highest BCUT2D eigenvalue weighted by atomic mass is 16.3. The summed E-state index contributed by atoms with van der Waals surface area (Å²) in [5.74, 6) is 1.91. The van der Waals surface area contributed by atoms with Gasteiger partial charge in [-0.1, -0.05) is 121 Å². The molecule has 0 aliphatic carbocycles. The van der Waals surface area contributed by atoms with Crippen LogP contribution in [0.25, 0.3) is 111 Å². The maximum absolute atomic E-state index is 6.42. The lowest BCUT2D eigenvalue weighted by Gasteiger charge is -2.11. The SMILES string of the molecule is c1ccc(-c2nc(-c3ccccc3)nc(-c3ccc(-n4c5ccccc5c5c4ccc4c6c7c(ccc6n(-c6ccccc6)c45)oc4ccccc47)cc3)n2)cc1. The van der Waals surface area contributed by atoms with Crippen molar-refractivity contribution < 1.29 is 4.42 Å². The van der Waals surface area contributed by atoms with Crippen LogP contribution in [0.3, 0.4) is 0 Å². The van der Waals surface area contributed by atoms with Crippen molar-refractivity contribution in [1.29, 1.82) is 0 Å². The fourth-order valence-corrected chi connectivity index (χ4v) is 8.68. The fraction of sp³-hybridized carbons (Fsp3) is 0. The number of hydrogen-bond donors (Lipinski definition) is 0. The molecule has 0 saturated carbocycles. The van der Waals surface area contributed by atoms with Gasteiger partial charge in [0.2, 0.25) is 0 Å². The zero-order chi connectivity index (χ0) is 37.5. The van der Waals surface area contributed by atoms with E-state index in [9.17, 15) is 0 Å². The normalized spacial score (nSPS) is 11.9. The first-order valence-corrected chi connectivity index (χ1v) is 19.1. The van der Waals surface area contributed by atoms with Crippen LogP contribution in [0, 0.1) is 0 Å². The minimum Gasteiger partial charge on any atom is -0.456 e. The molecule has 0 amide bonds. The van der Waals surface area contributed by atoms with Gasteiger partial charge in [-0.25, -0.2) is 15.0 Å². The molecular formula is C51H31N5O. The number of benzene rings is 8. The molecule has 12 aromatic rings. The van der Waals surface area contributed by atoms with Gasteiger partial charge >= 0.3 is 0 Å². The molecule has 0 unspecified atom stereocenters. The second kappa shape index (κ2) is 12.3. The Bertz CT molecular complexity index is 3430. The first-order chi connectivity index (χ1) is 28.3. The smallest absolute Gasteiger partial charge is 0.164 e. The Morgan fingerprint density at radius 3 is 1.53 bits per heavy atom. The predicted molar refractivity (Wildman–Crippen MR) is 232 cm³/mol. The monoisotopic (exact) mass is 729 g/mol. The van der Waals surface area contributed by atoms with Crippen molar-refractivity contribution in [2.75, 3.05) is 0 Å². The first kappa shape index (κ1) is 31.5. The Hall–Kier alpha value is -7.83. The lowest BCUT2D eigenvalue weighted by molar-refractivity contribution is 0.669. The molecule has 0 atom stereocenters. The van der Waals surface area contributed by atoms with Gasteiger partial charge in [-0.15, -0.1) is 0 Å². The number of para-hydroxylation sites is 3. The quantitative estimate of drug-likeness (QED) is 0.177. The molecule has 8 aromatic carbocycles. The Morgan fingerprint density at radius 1 is 0.316 bits per heavy atom. The van der Waals surface area contributed by atoms with Crippen LogP contribution < -0.4 is 0 Å². The Labute approximate surface area is 326 Å². The van der Waals surface area contributed by atoms with Crippen LogP contribution in [0.2, 0.25) is 0 Å². The maximum Gasteiger partial charge on any atom is 0.164 e. The number of aromatic nitrogens is 5. The van der Waals surface area contributed by atoms with E-state index in [1.165, 1.54) is 27.1 Å². The van der Waals surface area contributed by atoms with Gasteiger partial charge in [0, 0.05) is 60.4 Å². The summed E-state index contributed by atoms with van der Waals surface area (Å²) in [6.07, 6.45) is 0. The van der Waals surface area contributed by atoms with E-state index in [-0.39, 0.29) is 0 Å². The van der Waals surface area contributed by atoms with Crippen LogP contribution in [0.1, 0.15) is 0 Å². The second-order valence-corrected chi connectivity index (χ2v) is 14.4. The first-order valence-electron chi connectivity index (χ1n) is 19.1. The standard InChI is InChI=1S/C51H31N5O/c1-4-14-32(15-5-1)49-52-50(33-16-6-2-7-17-33)54-51(53-49)34-24-26-36(27-25-34)55-40-22-12-10-20-37(40)46-42(55)29-28-39-45-41(56(48(39)46)35-18-8-3-9-19-35)30-31-44-47(45)38-21-11-13-23-43(38)57-44/h1-31H. The molecule has 0 saturated heterocycles. The third kappa shape index (κ3) is 4.81. The van der Waals surface area contributed by atoms with E-state index >= 15 is 0 Å². The molecule has 0 aliphatic heterocycles. The van der Waals surface area contributed by atoms with Crippen molar-refractivity contribution in [3.05, 3.63) is 188 Å². The van der Waals surface area contributed by atoms with E-state index in [4.69, 9.17) is 19.4 Å². The van der Waals surface area contributed by atoms with E-state index in [1.54, 1.807) is 0 Å². The van der Waals surface area contributed by atoms with Crippen molar-refractivity contribution >= 4 is 65.6 Å². The Morgan fingerprint density at radius 2 is 0.842 bits per heavy atom. The Balaban J connectivity index is 1.10. The fourth-order valence-electron chi connectivity index (χ4n) is 8.68. The number of fused-ring (bicyclic) bond motifs is 11. The molecule has 12 rings (SSSR count). The Kier molecular flexibility index (Phi) is 6.83. The average molecular weight is 730 g/mol. The number of nitrogens with zero attached hydrogens (tertiary/aromatic N) is 5. The van der Waals surface area contributed by atoms with Crippen LogP contribution in [0.4, 0.5) is 0 Å². The van der Waals surface area contributed by atoms with Crippen molar-refractivity contribution in [2.24, 2.45) is 0 Å². The van der Waals surface area contributed by atoms with Gasteiger partial charge in [0.1, 0.15) is 11.2 Å². The minimum absolute atomic E-state index is 0.628. The molecule has 0 fully saturated rings. The zero-order valence-electron chi connectivity index (χ0n) is 30.5. The predicted octanol–water partition coefficient (Wildman–Crippen LogP) is 13.0. The molecular weight excluding hydrogens is 699 g/mol. The van der Waals surface area contributed by atoms with E-state index in [2.05, 4.69) is 130 Å². The van der Waals surface area contributed by atoms with Crippen molar-refractivity contribution in [3.63, 3.8) is 0 Å². The summed E-state index contributed by atoms with van der Waals surface area (Å²) in [6, 6.07) is 65.5. The molecule has 0 bridgehead atoms. The third-order valence-electron chi connectivity index (χ3n) is 11.2. The number of rotatable bonds is 5. The molecule has 4 aromatic heterocycles. The second-order valence-electron chi connectivity index (χ2n) is 14.4. The van der Waals surface area contributed by atoms with Gasteiger partial charge in [0.15, 0.2) is 17.5 Å². The molecule has 0 N–H and O–H groups in total. The highest BCUT2D eigenvalue weighted by Crippen LogP contribution is 2.45. The molecule has 0 radical (unpaired) electrons. The summed E-state index contributed by atoms with van der Waals surface area (Å²) in [5.41, 5.74) is 11.3. The highest BCUT2D eigenvalue weighted by Gasteiger charge is 2.24. The van der Waals surface area contributed by atoms with E-state index in [0.29, 0.717) is 17.5 Å². The summed E-state index contributed by atoms with van der Waals surface area (Å²) in [6.45, 7) is 0. The number of furan rings is 1. The molecule has 4 heterocycles. The molecule has 0 spiro atoms. The lowest BCUT2D eigenvalue weighted by atomic mass is 10.0. The van der Waals surface area contributed by atoms with E-state index in [0.717, 1.165) is 66.6 Å². The van der Waals surface area contributed by atoms with E-state index in [1.807, 2.05) is 66.7 Å². The molecule has 266 valence electrons. The largest absolute Gasteiger partial charge is 0.456 e. The van der Waals surface area contributed by atoms with Crippen LogP contribution in [-0.4, -0.2) is 24.1 Å². The number of hydrogen-bond acceptors (Lipinski definition) is 4. The molecule has 6 nitrogen and oxygen atoms in total. The molecule has 57 heavy (non-hydrogen) atoms. The maximum atomic E-state index is 6.42. The van der Waals surface area contributed by atoms with Gasteiger partial charge in [0.05, 0.1) is 22.1 Å². The zero-order valence-corrected chi connectivity index (χ0v) is 30.5. The molecule has 6 heteroatoms. The third-order valence-corrected chi connectivity index (χ3v) is 11.2. The minimum atomic E-state index is 0.628. The summed E-state index contributed by atoms with van der Waals surface area (Å²) in [7, 11) is 0. The summed E-state index contributed by atoms with van der Waals surface area (Å²) in [4.78, 5) is 14.9. The van der Waals surface area contributed by atoms with Crippen LogP contribution >= 0.6 is 0 Å². The van der Waals surface area contributed by atoms with Gasteiger partial charge < -0.3 is 13.6 Å². The topological polar surface area (TPSA) is 61.7 Å². The van der Waals surface area contributed by atoms with Crippen LogP contribution in [-0.2, 0) is 0 Å². The van der Waals surface area contributed by atoms with Crippen LogP contribution in [0.15, 0.2) is 192 Å². The highest BCUT2D eigenvalue weighted by molar-refractivity contribution is 6.32. The van der Waals surface area contributed by atoms with Gasteiger partial charge in [-0.3, -0.25) is 0 Å². The van der Waals surface area contributed by atoms with Gasteiger partial charge in [-0.05, 0) is 66.7 Å². The summed E-state index contributed by atoms with van der Waals surface area (Å²) in [5, 5.41) is 7.04. The van der Waals surface area contributed by atoms with Crippen LogP contribution in [0.5, 0.6) is 0 Å². The van der Waals surface area contributed by atoms with Gasteiger partial charge in [-0.2, -0.15) is 0 Å². The summed E-state index contributed by atoms with van der Waals surface area (Å²) < 4.78 is 11.2. The van der Waals surface area contributed by atoms with Gasteiger partial charge in [0.25, 0.3) is 0 Å². The van der Waals surface area contributed by atoms with Crippen molar-refractivity contribution in [3.8, 4) is 45.5 Å². The average Bonchev–Trinajstić information content (AvgIpc) is 3.95. The van der Waals surface area contributed by atoms with Crippen molar-refractivity contribution in [2.45, 2.75) is 0 Å².